The van der Waals surface area contributed by atoms with Crippen LogP contribution in [0, 0.1) is 0 Å². The van der Waals surface area contributed by atoms with Crippen molar-refractivity contribution in [2.75, 3.05) is 20.0 Å². The van der Waals surface area contributed by atoms with Gasteiger partial charge in [-0.25, -0.2) is 4.79 Å². The van der Waals surface area contributed by atoms with Crippen LogP contribution in [-0.2, 0) is 19.1 Å². The molecule has 1 aromatic heterocycles. The number of Topliss-reactive ketones (excluding diaryl/α,β-unsaturated/α-hetero) is 1. The molecule has 3 heterocycles. The van der Waals surface area contributed by atoms with Gasteiger partial charge < -0.3 is 24.3 Å². The van der Waals surface area contributed by atoms with Crippen molar-refractivity contribution >= 4 is 23.1 Å². The number of carbonyl (C=O) groups excluding carboxylic acids is 2. The van der Waals surface area contributed by atoms with Crippen LogP contribution in [0.15, 0.2) is 58.3 Å². The van der Waals surface area contributed by atoms with Crippen LogP contribution >= 0.6 is 11.3 Å². The van der Waals surface area contributed by atoms with Crippen molar-refractivity contribution in [3.05, 3.63) is 68.7 Å². The summed E-state index contributed by atoms with van der Waals surface area (Å²) in [6.07, 6.45) is 1.17. The number of thiophene rings is 1. The van der Waals surface area contributed by atoms with E-state index in [0.29, 0.717) is 47.8 Å². The first-order valence-corrected chi connectivity index (χ1v) is 12.8. The van der Waals surface area contributed by atoms with Crippen LogP contribution in [0.1, 0.15) is 55.9 Å². The molecule has 3 aliphatic rings. The third-order valence-electron chi connectivity index (χ3n) is 6.49. The molecule has 0 saturated heterocycles. The largest absolute Gasteiger partial charge is 0.460 e. The number of rotatable bonds is 7. The van der Waals surface area contributed by atoms with Crippen LogP contribution in [0.5, 0.6) is 11.5 Å². The Balaban J connectivity index is 1.50. The second-order valence-corrected chi connectivity index (χ2v) is 10.2. The van der Waals surface area contributed by atoms with Gasteiger partial charge in [-0.05, 0) is 56.3 Å². The van der Waals surface area contributed by atoms with E-state index in [1.807, 2.05) is 50.4 Å². The van der Waals surface area contributed by atoms with Crippen molar-refractivity contribution in [3.8, 4) is 11.5 Å². The van der Waals surface area contributed by atoms with E-state index in [1.54, 1.807) is 11.3 Å². The van der Waals surface area contributed by atoms with Crippen LogP contribution < -0.4 is 14.8 Å². The minimum atomic E-state index is -0.545. The Labute approximate surface area is 208 Å². The van der Waals surface area contributed by atoms with E-state index in [-0.39, 0.29) is 31.2 Å². The van der Waals surface area contributed by atoms with Crippen molar-refractivity contribution in [3.63, 3.8) is 0 Å². The van der Waals surface area contributed by atoms with E-state index in [2.05, 4.69) is 11.4 Å². The Bertz CT molecular complexity index is 1200. The van der Waals surface area contributed by atoms with Crippen LogP contribution in [0.2, 0.25) is 0 Å². The van der Waals surface area contributed by atoms with E-state index < -0.39 is 11.9 Å². The Kier molecular flexibility index (Phi) is 6.67. The molecule has 1 N–H and O–H groups in total. The van der Waals surface area contributed by atoms with Crippen molar-refractivity contribution in [1.29, 1.82) is 0 Å². The number of esters is 1. The van der Waals surface area contributed by atoms with Crippen molar-refractivity contribution in [2.24, 2.45) is 0 Å². The number of dihydropyridines is 1. The zero-order chi connectivity index (χ0) is 24.5. The van der Waals surface area contributed by atoms with Gasteiger partial charge in [0.1, 0.15) is 6.61 Å². The number of allylic oxidation sites excluding steroid dienone is 3. The van der Waals surface area contributed by atoms with Crippen molar-refractivity contribution in [1.82, 2.24) is 5.32 Å². The van der Waals surface area contributed by atoms with E-state index in [1.165, 1.54) is 4.88 Å². The molecule has 8 heteroatoms. The first-order chi connectivity index (χ1) is 16.9. The van der Waals surface area contributed by atoms with Gasteiger partial charge in [-0.1, -0.05) is 12.1 Å². The van der Waals surface area contributed by atoms with Gasteiger partial charge in [0.05, 0.1) is 18.3 Å². The second kappa shape index (κ2) is 9.87. The van der Waals surface area contributed by atoms with Crippen LogP contribution in [-0.4, -0.2) is 37.9 Å². The number of ketones is 1. The molecule has 2 unspecified atom stereocenters. The van der Waals surface area contributed by atoms with Crippen molar-refractivity contribution in [2.45, 2.75) is 51.6 Å². The number of hydrogen-bond donors (Lipinski definition) is 1. The van der Waals surface area contributed by atoms with Gasteiger partial charge in [0.15, 0.2) is 17.3 Å². The lowest BCUT2D eigenvalue weighted by atomic mass is 9.72. The first kappa shape index (κ1) is 23.6. The number of nitrogens with one attached hydrogen (secondary N) is 1. The highest BCUT2D eigenvalue weighted by Gasteiger charge is 2.42. The molecule has 1 aromatic carbocycles. The molecule has 2 aromatic rings. The lowest BCUT2D eigenvalue weighted by Gasteiger charge is -2.36. The molecule has 0 saturated carbocycles. The molecule has 7 nitrogen and oxygen atoms in total. The predicted molar refractivity (Wildman–Crippen MR) is 132 cm³/mol. The SMILES string of the molecule is CC1=C(C(=O)OCCOC(C)C)C(c2ccc3c(c2)OCO3)C2=C(CC(c3cccs3)CC2=O)N1. The standard InChI is InChI=1S/C27H29NO6S/c1-15(2)31-8-9-32-27(30)24-16(3)28-19-11-18(23-5-4-10-35-23)12-20(29)26(19)25(24)17-6-7-21-22(13-17)34-14-33-21/h4-7,10,13,15,18,25,28H,8-9,11-12,14H2,1-3H3. The highest BCUT2D eigenvalue weighted by atomic mass is 32.1. The first-order valence-electron chi connectivity index (χ1n) is 11.9. The van der Waals surface area contributed by atoms with Crippen LogP contribution in [0.25, 0.3) is 0 Å². The zero-order valence-electron chi connectivity index (χ0n) is 20.1. The van der Waals surface area contributed by atoms with Gasteiger partial charge in [-0.3, -0.25) is 4.79 Å². The fraction of sp³-hybridized carbons (Fsp3) is 0.407. The fourth-order valence-electron chi connectivity index (χ4n) is 4.96. The summed E-state index contributed by atoms with van der Waals surface area (Å²) in [7, 11) is 0. The Morgan fingerprint density at radius 3 is 2.77 bits per heavy atom. The molecular formula is C27H29NO6S. The number of fused-ring (bicyclic) bond motifs is 1. The normalized spacial score (nSPS) is 21.3. The highest BCUT2D eigenvalue weighted by Crippen LogP contribution is 2.47. The molecule has 0 amide bonds. The summed E-state index contributed by atoms with van der Waals surface area (Å²) in [5.41, 5.74) is 3.44. The molecule has 0 bridgehead atoms. The molecular weight excluding hydrogens is 466 g/mol. The minimum absolute atomic E-state index is 0.0424. The van der Waals surface area contributed by atoms with Gasteiger partial charge in [-0.15, -0.1) is 11.3 Å². The maximum atomic E-state index is 13.6. The number of carbonyl (C=O) groups is 2. The smallest absolute Gasteiger partial charge is 0.336 e. The summed E-state index contributed by atoms with van der Waals surface area (Å²) in [6, 6.07) is 9.69. The predicted octanol–water partition coefficient (Wildman–Crippen LogP) is 4.81. The van der Waals surface area contributed by atoms with Gasteiger partial charge in [-0.2, -0.15) is 0 Å². The molecule has 2 aliphatic heterocycles. The van der Waals surface area contributed by atoms with E-state index >= 15 is 0 Å². The van der Waals surface area contributed by atoms with E-state index in [4.69, 9.17) is 18.9 Å². The Morgan fingerprint density at radius 2 is 2.00 bits per heavy atom. The third kappa shape index (κ3) is 4.73. The summed E-state index contributed by atoms with van der Waals surface area (Å²) in [5.74, 6) is 0.432. The number of benzene rings is 1. The van der Waals surface area contributed by atoms with E-state index in [9.17, 15) is 9.59 Å². The average Bonchev–Trinajstić information content (AvgIpc) is 3.52. The summed E-state index contributed by atoms with van der Waals surface area (Å²) in [4.78, 5) is 28.2. The third-order valence-corrected chi connectivity index (χ3v) is 7.53. The van der Waals surface area contributed by atoms with Gasteiger partial charge in [0.25, 0.3) is 0 Å². The Morgan fingerprint density at radius 1 is 1.17 bits per heavy atom. The molecule has 0 radical (unpaired) electrons. The minimum Gasteiger partial charge on any atom is -0.460 e. The average molecular weight is 496 g/mol. The molecule has 0 spiro atoms. The van der Waals surface area contributed by atoms with Crippen LogP contribution in [0.4, 0.5) is 0 Å². The van der Waals surface area contributed by atoms with Gasteiger partial charge in [0, 0.05) is 40.1 Å². The maximum absolute atomic E-state index is 13.6. The van der Waals surface area contributed by atoms with Gasteiger partial charge >= 0.3 is 5.97 Å². The maximum Gasteiger partial charge on any atom is 0.336 e. The van der Waals surface area contributed by atoms with E-state index in [0.717, 1.165) is 11.3 Å². The number of ether oxygens (including phenoxy) is 4. The molecule has 5 rings (SSSR count). The number of hydrogen-bond acceptors (Lipinski definition) is 8. The van der Waals surface area contributed by atoms with Crippen LogP contribution in [0.3, 0.4) is 0 Å². The zero-order valence-corrected chi connectivity index (χ0v) is 20.9. The molecule has 1 aliphatic carbocycles. The molecule has 184 valence electrons. The Hall–Kier alpha value is -3.10. The molecule has 0 fully saturated rings. The molecule has 2 atom stereocenters. The summed E-state index contributed by atoms with van der Waals surface area (Å²) in [6.45, 7) is 6.34. The monoisotopic (exact) mass is 495 g/mol. The topological polar surface area (TPSA) is 83.1 Å². The fourth-order valence-corrected chi connectivity index (χ4v) is 5.79. The lowest BCUT2D eigenvalue weighted by molar-refractivity contribution is -0.141. The second-order valence-electron chi connectivity index (χ2n) is 9.20. The molecule has 35 heavy (non-hydrogen) atoms. The quantitative estimate of drug-likeness (QED) is 0.436. The van der Waals surface area contributed by atoms with Gasteiger partial charge in [0.2, 0.25) is 6.79 Å². The lowest BCUT2D eigenvalue weighted by Crippen LogP contribution is -2.36. The van der Waals surface area contributed by atoms with Crippen molar-refractivity contribution < 1.29 is 28.5 Å². The summed E-state index contributed by atoms with van der Waals surface area (Å²) in [5, 5.41) is 5.42. The summed E-state index contributed by atoms with van der Waals surface area (Å²) < 4.78 is 22.2. The highest BCUT2D eigenvalue weighted by molar-refractivity contribution is 7.10. The summed E-state index contributed by atoms with van der Waals surface area (Å²) >= 11 is 1.67.